The second-order valence-corrected chi connectivity index (χ2v) is 5.88. The third kappa shape index (κ3) is 5.64. The Hall–Kier alpha value is -2.82. The van der Waals surface area contributed by atoms with Crippen molar-refractivity contribution >= 4 is 17.5 Å². The highest BCUT2D eigenvalue weighted by Crippen LogP contribution is 2.20. The minimum atomic E-state index is -0.0824. The van der Waals surface area contributed by atoms with Crippen LogP contribution in [0.1, 0.15) is 18.1 Å². The summed E-state index contributed by atoms with van der Waals surface area (Å²) in [7, 11) is 1.59. The predicted molar refractivity (Wildman–Crippen MR) is 98.9 cm³/mol. The van der Waals surface area contributed by atoms with E-state index in [0.717, 1.165) is 11.3 Å². The van der Waals surface area contributed by atoms with E-state index in [4.69, 9.17) is 4.74 Å². The summed E-state index contributed by atoms with van der Waals surface area (Å²) in [5, 5.41) is 2.87. The number of carbonyl (C=O) groups excluding carboxylic acids is 2. The van der Waals surface area contributed by atoms with Gasteiger partial charge in [0.25, 0.3) is 0 Å². The summed E-state index contributed by atoms with van der Waals surface area (Å²) in [6.07, 6.45) is 0.333. The zero-order valence-electron chi connectivity index (χ0n) is 14.9. The van der Waals surface area contributed by atoms with E-state index in [0.29, 0.717) is 25.3 Å². The van der Waals surface area contributed by atoms with E-state index < -0.39 is 0 Å². The Kier molecular flexibility index (Phi) is 6.57. The van der Waals surface area contributed by atoms with E-state index in [9.17, 15) is 9.59 Å². The molecule has 0 unspecified atom stereocenters. The zero-order chi connectivity index (χ0) is 18.2. The quantitative estimate of drug-likeness (QED) is 0.843. The molecule has 2 aromatic rings. The molecule has 2 rings (SSSR count). The number of nitrogens with one attached hydrogen (secondary N) is 1. The Bertz CT molecular complexity index is 726. The maximum Gasteiger partial charge on any atom is 0.224 e. The van der Waals surface area contributed by atoms with Crippen LogP contribution < -0.4 is 15.0 Å². The highest BCUT2D eigenvalue weighted by atomic mass is 16.5. The number of amides is 2. The minimum Gasteiger partial charge on any atom is -0.497 e. The van der Waals surface area contributed by atoms with Gasteiger partial charge in [0.1, 0.15) is 5.75 Å². The molecule has 0 aliphatic rings. The summed E-state index contributed by atoms with van der Waals surface area (Å²) in [6, 6.07) is 15.2. The van der Waals surface area contributed by atoms with Gasteiger partial charge in [-0.25, -0.2) is 0 Å². The van der Waals surface area contributed by atoms with Gasteiger partial charge in [-0.15, -0.1) is 0 Å². The molecule has 0 spiro atoms. The van der Waals surface area contributed by atoms with Gasteiger partial charge in [-0.05, 0) is 24.6 Å². The lowest BCUT2D eigenvalue weighted by Gasteiger charge is -2.22. The van der Waals surface area contributed by atoms with Crippen LogP contribution in [0.25, 0.3) is 0 Å². The Morgan fingerprint density at radius 2 is 1.84 bits per heavy atom. The molecule has 0 saturated carbocycles. The average molecular weight is 340 g/mol. The monoisotopic (exact) mass is 340 g/mol. The molecule has 0 atom stereocenters. The summed E-state index contributed by atoms with van der Waals surface area (Å²) in [6.45, 7) is 4.32. The van der Waals surface area contributed by atoms with Gasteiger partial charge in [0.05, 0.1) is 13.5 Å². The number of methoxy groups -OCH3 is 1. The number of aryl methyl sites for hydroxylation is 1. The van der Waals surface area contributed by atoms with E-state index in [-0.39, 0.29) is 11.8 Å². The van der Waals surface area contributed by atoms with E-state index in [1.807, 2.05) is 49.4 Å². The van der Waals surface area contributed by atoms with Crippen LogP contribution in [0.2, 0.25) is 0 Å². The topological polar surface area (TPSA) is 58.6 Å². The van der Waals surface area contributed by atoms with Gasteiger partial charge in [-0.2, -0.15) is 0 Å². The molecule has 0 aliphatic carbocycles. The number of rotatable bonds is 7. The fourth-order valence-electron chi connectivity index (χ4n) is 2.51. The number of hydrogen-bond donors (Lipinski definition) is 1. The fourth-order valence-corrected chi connectivity index (χ4v) is 2.51. The standard InChI is InChI=1S/C20H24N2O3/c1-15-7-9-17(10-8-15)13-20(24)21-11-12-22(16(2)23)18-5-4-6-19(14-18)25-3/h4-10,14H,11-13H2,1-3H3,(H,21,24). The molecule has 0 bridgehead atoms. The number of nitrogens with zero attached hydrogens (tertiary/aromatic N) is 1. The zero-order valence-corrected chi connectivity index (χ0v) is 14.9. The van der Waals surface area contributed by atoms with Crippen molar-refractivity contribution in [1.82, 2.24) is 5.32 Å². The summed E-state index contributed by atoms with van der Waals surface area (Å²) >= 11 is 0. The number of ether oxygens (including phenoxy) is 1. The summed E-state index contributed by atoms with van der Waals surface area (Å²) in [5.74, 6) is 0.547. The fraction of sp³-hybridized carbons (Fsp3) is 0.300. The molecule has 0 heterocycles. The first-order valence-electron chi connectivity index (χ1n) is 8.24. The second kappa shape index (κ2) is 8.87. The van der Waals surface area contributed by atoms with Crippen LogP contribution in [0, 0.1) is 6.92 Å². The molecule has 0 aliphatic heterocycles. The van der Waals surface area contributed by atoms with Crippen molar-refractivity contribution in [2.24, 2.45) is 0 Å². The van der Waals surface area contributed by atoms with Crippen molar-refractivity contribution in [1.29, 1.82) is 0 Å². The molecule has 5 nitrogen and oxygen atoms in total. The lowest BCUT2D eigenvalue weighted by Crippen LogP contribution is -2.38. The van der Waals surface area contributed by atoms with Crippen molar-refractivity contribution in [3.63, 3.8) is 0 Å². The van der Waals surface area contributed by atoms with E-state index >= 15 is 0 Å². The Morgan fingerprint density at radius 1 is 1.12 bits per heavy atom. The van der Waals surface area contributed by atoms with Crippen LogP contribution in [0.3, 0.4) is 0 Å². The van der Waals surface area contributed by atoms with Crippen molar-refractivity contribution in [2.45, 2.75) is 20.3 Å². The van der Waals surface area contributed by atoms with Crippen molar-refractivity contribution in [3.8, 4) is 5.75 Å². The van der Waals surface area contributed by atoms with E-state index in [1.165, 1.54) is 12.5 Å². The first-order chi connectivity index (χ1) is 12.0. The number of carbonyl (C=O) groups is 2. The molecule has 25 heavy (non-hydrogen) atoms. The van der Waals surface area contributed by atoms with E-state index in [2.05, 4.69) is 5.32 Å². The van der Waals surface area contributed by atoms with E-state index in [1.54, 1.807) is 18.1 Å². The van der Waals surface area contributed by atoms with Gasteiger partial charge >= 0.3 is 0 Å². The van der Waals surface area contributed by atoms with Crippen LogP contribution in [-0.2, 0) is 16.0 Å². The molecular formula is C20H24N2O3. The maximum absolute atomic E-state index is 12.1. The van der Waals surface area contributed by atoms with Crippen LogP contribution in [0.4, 0.5) is 5.69 Å². The molecule has 2 aromatic carbocycles. The Labute approximate surface area is 148 Å². The Balaban J connectivity index is 1.89. The molecular weight excluding hydrogens is 316 g/mol. The van der Waals surface area contributed by atoms with Crippen molar-refractivity contribution in [2.75, 3.05) is 25.1 Å². The molecule has 5 heteroatoms. The lowest BCUT2D eigenvalue weighted by atomic mass is 10.1. The molecule has 1 N–H and O–H groups in total. The van der Waals surface area contributed by atoms with Gasteiger partial charge in [0.2, 0.25) is 11.8 Å². The van der Waals surface area contributed by atoms with Gasteiger partial charge in [0.15, 0.2) is 0 Å². The molecule has 2 amide bonds. The third-order valence-electron chi connectivity index (χ3n) is 3.89. The van der Waals surface area contributed by atoms with Crippen LogP contribution >= 0.6 is 0 Å². The van der Waals surface area contributed by atoms with Gasteiger partial charge in [-0.3, -0.25) is 9.59 Å². The number of benzene rings is 2. The average Bonchev–Trinajstić information content (AvgIpc) is 2.60. The summed E-state index contributed by atoms with van der Waals surface area (Å²) in [4.78, 5) is 25.6. The SMILES string of the molecule is COc1cccc(N(CCNC(=O)Cc2ccc(C)cc2)C(C)=O)c1. The summed E-state index contributed by atoms with van der Waals surface area (Å²) in [5.41, 5.74) is 2.89. The number of hydrogen-bond acceptors (Lipinski definition) is 3. The predicted octanol–water partition coefficient (Wildman–Crippen LogP) is 2.72. The molecule has 0 radical (unpaired) electrons. The minimum absolute atomic E-state index is 0.0574. The van der Waals surface area contributed by atoms with Crippen LogP contribution in [0.15, 0.2) is 48.5 Å². The van der Waals surface area contributed by atoms with Crippen molar-refractivity contribution < 1.29 is 14.3 Å². The lowest BCUT2D eigenvalue weighted by molar-refractivity contribution is -0.121. The molecule has 0 fully saturated rings. The third-order valence-corrected chi connectivity index (χ3v) is 3.89. The van der Waals surface area contributed by atoms with Gasteiger partial charge in [-0.1, -0.05) is 35.9 Å². The van der Waals surface area contributed by atoms with Gasteiger partial charge < -0.3 is 15.0 Å². The molecule has 132 valence electrons. The van der Waals surface area contributed by atoms with Gasteiger partial charge in [0, 0.05) is 31.8 Å². The normalized spacial score (nSPS) is 10.2. The highest BCUT2D eigenvalue weighted by molar-refractivity contribution is 5.91. The highest BCUT2D eigenvalue weighted by Gasteiger charge is 2.12. The molecule has 0 aromatic heterocycles. The first kappa shape index (κ1) is 18.5. The summed E-state index contributed by atoms with van der Waals surface area (Å²) < 4.78 is 5.19. The molecule has 0 saturated heterocycles. The smallest absolute Gasteiger partial charge is 0.224 e. The van der Waals surface area contributed by atoms with Crippen LogP contribution in [-0.4, -0.2) is 32.0 Å². The van der Waals surface area contributed by atoms with Crippen molar-refractivity contribution in [3.05, 3.63) is 59.7 Å². The Morgan fingerprint density at radius 3 is 2.48 bits per heavy atom. The van der Waals surface area contributed by atoms with Crippen LogP contribution in [0.5, 0.6) is 5.75 Å². The first-order valence-corrected chi connectivity index (χ1v) is 8.24. The largest absolute Gasteiger partial charge is 0.497 e. The second-order valence-electron chi connectivity index (χ2n) is 5.88. The maximum atomic E-state index is 12.1. The number of anilines is 1.